The Morgan fingerprint density at radius 3 is 2.12 bits per heavy atom. The third-order valence-corrected chi connectivity index (χ3v) is 11.8. The van der Waals surface area contributed by atoms with Crippen molar-refractivity contribution in [1.82, 2.24) is 19.6 Å². The summed E-state index contributed by atoms with van der Waals surface area (Å²) >= 11 is 6.12. The number of carbonyl (C=O) groups is 5. The third-order valence-electron chi connectivity index (χ3n) is 11.5. The van der Waals surface area contributed by atoms with Gasteiger partial charge in [0.15, 0.2) is 6.10 Å². The van der Waals surface area contributed by atoms with E-state index in [1.165, 1.54) is 15.9 Å². The molecule has 0 aliphatic carbocycles. The molecule has 4 aliphatic heterocycles. The van der Waals surface area contributed by atoms with E-state index in [2.05, 4.69) is 5.32 Å². The molecule has 0 aromatic heterocycles. The molecule has 0 unspecified atom stereocenters. The smallest absolute Gasteiger partial charge is 0.418 e. The number of piperidine rings is 3. The Morgan fingerprint density at radius 2 is 1.50 bits per heavy atom. The summed E-state index contributed by atoms with van der Waals surface area (Å²) in [4.78, 5) is 71.5. The van der Waals surface area contributed by atoms with Crippen LogP contribution in [0.3, 0.4) is 0 Å². The van der Waals surface area contributed by atoms with Gasteiger partial charge in [0.2, 0.25) is 0 Å². The van der Waals surface area contributed by atoms with Gasteiger partial charge >= 0.3 is 30.2 Å². The van der Waals surface area contributed by atoms with Gasteiger partial charge in [-0.05, 0) is 93.0 Å². The van der Waals surface area contributed by atoms with Crippen LogP contribution in [0.5, 0.6) is 0 Å². The van der Waals surface area contributed by atoms with E-state index in [1.807, 2.05) is 24.3 Å². The molecule has 6 rings (SSSR count). The Kier molecular flexibility index (Phi) is 12.9. The molecule has 0 saturated carbocycles. The number of hydrogen-bond donors (Lipinski definition) is 2. The summed E-state index contributed by atoms with van der Waals surface area (Å²) in [7, 11) is 0. The average Bonchev–Trinajstić information content (AvgIpc) is 3.36. The van der Waals surface area contributed by atoms with Gasteiger partial charge in [-0.15, -0.1) is 0 Å². The van der Waals surface area contributed by atoms with E-state index in [0.29, 0.717) is 77.7 Å². The Hall–Kier alpha value is -4.73. The number of nitrogens with two attached hydrogens (primary N) is 1. The maximum Gasteiger partial charge on any atom is 0.418 e. The molecule has 1 atom stereocenters. The van der Waals surface area contributed by atoms with Gasteiger partial charge in [0.05, 0.1) is 22.9 Å². The number of halogens is 4. The van der Waals surface area contributed by atoms with E-state index in [0.717, 1.165) is 17.3 Å². The normalized spacial score (nSPS) is 19.5. The highest BCUT2D eigenvalue weighted by molar-refractivity contribution is 6.33. The van der Waals surface area contributed by atoms with Gasteiger partial charge < -0.3 is 40.1 Å². The maximum atomic E-state index is 14.1. The number of alkyl halides is 3. The predicted molar refractivity (Wildman–Crippen MR) is 201 cm³/mol. The van der Waals surface area contributed by atoms with Crippen LogP contribution in [-0.4, -0.2) is 114 Å². The molecule has 13 nitrogen and oxygen atoms in total. The summed E-state index contributed by atoms with van der Waals surface area (Å²) in [6, 6.07) is 9.37. The molecule has 17 heteroatoms. The van der Waals surface area contributed by atoms with Gasteiger partial charge in [0, 0.05) is 64.0 Å². The SMILES string of the molecule is CCOC(=O)C(=O)N1CCC(C2CCN(C(=O)[C@@H](Cc3cc(Cl)c(N)c(C(F)(F)F)c3)OC(=O)N3CCC(N4CCc5ccccc5NC4=O)CC3)CC2)CC1. The molecule has 2 aromatic carbocycles. The van der Waals surface area contributed by atoms with Crippen LogP contribution in [0.15, 0.2) is 36.4 Å². The van der Waals surface area contributed by atoms with Crippen molar-refractivity contribution in [2.45, 2.75) is 76.6 Å². The lowest BCUT2D eigenvalue weighted by Crippen LogP contribution is -2.52. The third kappa shape index (κ3) is 9.44. The minimum Gasteiger partial charge on any atom is -0.459 e. The Morgan fingerprint density at radius 1 is 0.893 bits per heavy atom. The maximum absolute atomic E-state index is 14.1. The number of fused-ring (bicyclic) bond motifs is 1. The first-order valence-corrected chi connectivity index (χ1v) is 19.6. The number of anilines is 2. The van der Waals surface area contributed by atoms with Gasteiger partial charge in [0.1, 0.15) is 0 Å². The first-order chi connectivity index (χ1) is 26.7. The van der Waals surface area contributed by atoms with Gasteiger partial charge in [-0.25, -0.2) is 14.4 Å². The van der Waals surface area contributed by atoms with Crippen LogP contribution in [0.4, 0.5) is 34.1 Å². The highest BCUT2D eigenvalue weighted by Gasteiger charge is 2.39. The Bertz CT molecular complexity index is 1790. The fourth-order valence-corrected chi connectivity index (χ4v) is 8.65. The minimum absolute atomic E-state index is 0.0357. The average molecular weight is 805 g/mol. The molecule has 3 saturated heterocycles. The van der Waals surface area contributed by atoms with Crippen LogP contribution < -0.4 is 11.1 Å². The molecule has 4 aliphatic rings. The fourth-order valence-electron chi connectivity index (χ4n) is 8.41. The minimum atomic E-state index is -4.80. The second-order valence-electron chi connectivity index (χ2n) is 14.9. The van der Waals surface area contributed by atoms with E-state index in [1.54, 1.807) is 16.7 Å². The Balaban J connectivity index is 1.09. The lowest BCUT2D eigenvalue weighted by atomic mass is 9.78. The number of urea groups is 1. The van der Waals surface area contributed by atoms with E-state index >= 15 is 0 Å². The van der Waals surface area contributed by atoms with E-state index in [-0.39, 0.29) is 60.6 Å². The van der Waals surface area contributed by atoms with Crippen LogP contribution in [0.1, 0.15) is 62.1 Å². The molecule has 0 spiro atoms. The zero-order valence-electron chi connectivity index (χ0n) is 31.3. The number of benzene rings is 2. The lowest BCUT2D eigenvalue weighted by Gasteiger charge is -2.41. The van der Waals surface area contributed by atoms with Gasteiger partial charge in [-0.1, -0.05) is 29.8 Å². The number of ether oxygens (including phenoxy) is 2. The molecule has 2 aromatic rings. The van der Waals surface area contributed by atoms with Crippen molar-refractivity contribution >= 4 is 52.9 Å². The molecule has 0 radical (unpaired) electrons. The van der Waals surface area contributed by atoms with Crippen LogP contribution in [0.2, 0.25) is 5.02 Å². The number of rotatable bonds is 7. The first kappa shape index (κ1) is 40.9. The molecule has 56 heavy (non-hydrogen) atoms. The number of esters is 1. The molecule has 5 amide bonds. The number of nitrogens with zero attached hydrogens (tertiary/aromatic N) is 4. The van der Waals surface area contributed by atoms with E-state index in [9.17, 15) is 37.1 Å². The molecule has 0 bridgehead atoms. The molecule has 4 heterocycles. The number of hydrogen-bond acceptors (Lipinski definition) is 8. The molecular formula is C39H48ClF3N6O7. The van der Waals surface area contributed by atoms with Gasteiger partial charge in [-0.2, -0.15) is 13.2 Å². The largest absolute Gasteiger partial charge is 0.459 e. The van der Waals surface area contributed by atoms with Gasteiger partial charge in [0.25, 0.3) is 5.91 Å². The van der Waals surface area contributed by atoms with Crippen molar-refractivity contribution < 1.29 is 46.6 Å². The van der Waals surface area contributed by atoms with Crippen molar-refractivity contribution in [3.05, 3.63) is 58.1 Å². The van der Waals surface area contributed by atoms with E-state index in [4.69, 9.17) is 26.8 Å². The number of likely N-dealkylation sites (tertiary alicyclic amines) is 3. The number of nitrogen functional groups attached to an aromatic ring is 1. The summed E-state index contributed by atoms with van der Waals surface area (Å²) in [5, 5.41) is 2.65. The quantitative estimate of drug-likeness (QED) is 0.209. The summed E-state index contributed by atoms with van der Waals surface area (Å²) in [6.45, 7) is 4.35. The second kappa shape index (κ2) is 17.6. The molecule has 3 fully saturated rings. The van der Waals surface area contributed by atoms with Crippen molar-refractivity contribution in [2.24, 2.45) is 11.8 Å². The topological polar surface area (TPSA) is 155 Å². The van der Waals surface area contributed by atoms with Crippen LogP contribution in [0.25, 0.3) is 0 Å². The van der Waals surface area contributed by atoms with E-state index < -0.39 is 47.4 Å². The van der Waals surface area contributed by atoms with Crippen LogP contribution >= 0.6 is 11.6 Å². The highest BCUT2D eigenvalue weighted by atomic mass is 35.5. The van der Waals surface area contributed by atoms with Crippen LogP contribution in [0, 0.1) is 11.8 Å². The van der Waals surface area contributed by atoms with Crippen molar-refractivity contribution in [3.8, 4) is 0 Å². The summed E-state index contributed by atoms with van der Waals surface area (Å²) in [6.07, 6.45) is -3.03. The second-order valence-corrected chi connectivity index (χ2v) is 15.3. The highest BCUT2D eigenvalue weighted by Crippen LogP contribution is 2.39. The Labute approximate surface area is 328 Å². The van der Waals surface area contributed by atoms with Crippen molar-refractivity contribution in [2.75, 3.05) is 63.5 Å². The van der Waals surface area contributed by atoms with Crippen LogP contribution in [-0.2, 0) is 42.9 Å². The number of para-hydroxylation sites is 1. The molecular weight excluding hydrogens is 757 g/mol. The molecule has 304 valence electrons. The summed E-state index contributed by atoms with van der Waals surface area (Å²) in [5.74, 6) is -1.49. The fraction of sp³-hybridized carbons (Fsp3) is 0.564. The zero-order chi connectivity index (χ0) is 40.1. The van der Waals surface area contributed by atoms with Crippen molar-refractivity contribution in [1.29, 1.82) is 0 Å². The first-order valence-electron chi connectivity index (χ1n) is 19.2. The molecule has 3 N–H and O–H groups in total. The van der Waals surface area contributed by atoms with Gasteiger partial charge in [-0.3, -0.25) is 9.59 Å². The zero-order valence-corrected chi connectivity index (χ0v) is 32.1. The monoisotopic (exact) mass is 804 g/mol. The standard InChI is InChI=1S/C39H48ClF3N6O7/c1-2-55-36(52)35(51)47-16-9-26(10-17-47)25-7-14-46(15-8-25)34(50)32(23-24-21-29(39(41,42)43)33(44)30(40)22-24)56-38(54)48-18-12-28(13-19-48)49-20-11-27-5-3-4-6-31(27)45-37(49)53/h3-6,21-22,25-26,28,32H,2,7-20,23,44H2,1H3,(H,45,53)/t32-/m1/s1. The summed E-state index contributed by atoms with van der Waals surface area (Å²) in [5.41, 5.74) is 5.74. The number of amides is 5. The van der Waals surface area contributed by atoms with Crippen molar-refractivity contribution in [3.63, 3.8) is 0 Å². The predicted octanol–water partition coefficient (Wildman–Crippen LogP) is 5.58. The number of carbonyl (C=O) groups excluding carboxylic acids is 5. The summed E-state index contributed by atoms with van der Waals surface area (Å²) < 4.78 is 52.3. The lowest BCUT2D eigenvalue weighted by molar-refractivity contribution is -0.160. The number of nitrogens with one attached hydrogen (secondary N) is 1.